The second kappa shape index (κ2) is 8.47. The number of carbonyl (C=O) groups excluding carboxylic acids is 1. The Labute approximate surface area is 170 Å². The van der Waals surface area contributed by atoms with E-state index in [0.29, 0.717) is 17.3 Å². The van der Waals surface area contributed by atoms with Gasteiger partial charge in [0.05, 0.1) is 18.5 Å². The van der Waals surface area contributed by atoms with Gasteiger partial charge in [-0.3, -0.25) is 9.59 Å². The van der Waals surface area contributed by atoms with Gasteiger partial charge in [-0.1, -0.05) is 50.2 Å². The van der Waals surface area contributed by atoms with Gasteiger partial charge in [-0.25, -0.2) is 4.68 Å². The van der Waals surface area contributed by atoms with Gasteiger partial charge in [-0.05, 0) is 25.0 Å². The first-order valence-corrected chi connectivity index (χ1v) is 9.75. The minimum atomic E-state index is -0.239. The van der Waals surface area contributed by atoms with Crippen molar-refractivity contribution in [1.29, 1.82) is 0 Å². The van der Waals surface area contributed by atoms with Crippen LogP contribution in [0.3, 0.4) is 0 Å². The Morgan fingerprint density at radius 2 is 1.69 bits per heavy atom. The fraction of sp³-hybridized carbons (Fsp3) is 0.348. The predicted octanol–water partition coefficient (Wildman–Crippen LogP) is 3.89. The number of nitrogens with zero attached hydrogens (tertiary/aromatic N) is 3. The summed E-state index contributed by atoms with van der Waals surface area (Å²) in [6.45, 7) is 6.43. The van der Waals surface area contributed by atoms with Crippen molar-refractivity contribution in [3.63, 3.8) is 0 Å². The summed E-state index contributed by atoms with van der Waals surface area (Å²) in [6.07, 6.45) is 0. The SMILES string of the molecule is COc1ccccc1C(C)N(C)C(=O)c1nn(CC(C)C)c(=O)c2ccccc12. The van der Waals surface area contributed by atoms with Crippen LogP contribution in [0.5, 0.6) is 5.75 Å². The van der Waals surface area contributed by atoms with Gasteiger partial charge < -0.3 is 9.64 Å². The molecule has 29 heavy (non-hydrogen) atoms. The van der Waals surface area contributed by atoms with Crippen LogP contribution in [0.2, 0.25) is 0 Å². The Hall–Kier alpha value is -3.15. The lowest BCUT2D eigenvalue weighted by molar-refractivity contribution is 0.0734. The van der Waals surface area contributed by atoms with Crippen molar-refractivity contribution < 1.29 is 9.53 Å². The number of hydrogen-bond donors (Lipinski definition) is 0. The summed E-state index contributed by atoms with van der Waals surface area (Å²) < 4.78 is 6.86. The van der Waals surface area contributed by atoms with Crippen LogP contribution in [0.4, 0.5) is 0 Å². The number of carbonyl (C=O) groups is 1. The van der Waals surface area contributed by atoms with E-state index in [1.54, 1.807) is 37.3 Å². The standard InChI is InChI=1S/C23H27N3O3/c1-15(2)14-26-22(27)19-12-7-6-11-18(19)21(24-26)23(28)25(4)16(3)17-10-8-9-13-20(17)29-5/h6-13,15-16H,14H2,1-5H3. The number of amides is 1. The van der Waals surface area contributed by atoms with Gasteiger partial charge in [0.1, 0.15) is 5.75 Å². The highest BCUT2D eigenvalue weighted by molar-refractivity contribution is 6.04. The minimum absolute atomic E-state index is 0.175. The first-order valence-electron chi connectivity index (χ1n) is 9.75. The van der Waals surface area contributed by atoms with E-state index in [2.05, 4.69) is 5.10 Å². The Morgan fingerprint density at radius 3 is 2.34 bits per heavy atom. The Bertz CT molecular complexity index is 1090. The predicted molar refractivity (Wildman–Crippen MR) is 114 cm³/mol. The Morgan fingerprint density at radius 1 is 1.07 bits per heavy atom. The number of methoxy groups -OCH3 is 1. The number of aromatic nitrogens is 2. The van der Waals surface area contributed by atoms with Gasteiger partial charge in [-0.15, -0.1) is 0 Å². The molecule has 0 spiro atoms. The molecule has 0 aliphatic heterocycles. The molecule has 0 saturated carbocycles. The topological polar surface area (TPSA) is 64.4 Å². The molecule has 1 amide bonds. The molecule has 6 heteroatoms. The monoisotopic (exact) mass is 393 g/mol. The molecule has 6 nitrogen and oxygen atoms in total. The van der Waals surface area contributed by atoms with Crippen LogP contribution in [0.15, 0.2) is 53.3 Å². The minimum Gasteiger partial charge on any atom is -0.496 e. The third-order valence-electron chi connectivity index (χ3n) is 5.10. The number of fused-ring (bicyclic) bond motifs is 1. The van der Waals surface area contributed by atoms with Gasteiger partial charge >= 0.3 is 0 Å². The molecule has 0 fully saturated rings. The van der Waals surface area contributed by atoms with Crippen molar-refractivity contribution in [3.05, 3.63) is 70.1 Å². The molecule has 3 rings (SSSR count). The third-order valence-corrected chi connectivity index (χ3v) is 5.10. The van der Waals surface area contributed by atoms with Crippen molar-refractivity contribution >= 4 is 16.7 Å². The van der Waals surface area contributed by atoms with Crippen molar-refractivity contribution in [1.82, 2.24) is 14.7 Å². The van der Waals surface area contributed by atoms with Gasteiger partial charge in [-0.2, -0.15) is 5.10 Å². The number of benzene rings is 2. The molecule has 1 unspecified atom stereocenters. The molecule has 0 aliphatic rings. The molecule has 1 atom stereocenters. The van der Waals surface area contributed by atoms with E-state index in [-0.39, 0.29) is 29.1 Å². The van der Waals surface area contributed by atoms with Crippen LogP contribution in [-0.4, -0.2) is 34.7 Å². The summed E-state index contributed by atoms with van der Waals surface area (Å²) in [5, 5.41) is 5.54. The van der Waals surface area contributed by atoms with Gasteiger partial charge in [0.15, 0.2) is 5.69 Å². The lowest BCUT2D eigenvalue weighted by Crippen LogP contribution is -2.34. The quantitative estimate of drug-likeness (QED) is 0.637. The summed E-state index contributed by atoms with van der Waals surface area (Å²) in [5.74, 6) is 0.717. The summed E-state index contributed by atoms with van der Waals surface area (Å²) in [7, 11) is 3.36. The third kappa shape index (κ3) is 4.01. The smallest absolute Gasteiger partial charge is 0.275 e. The summed E-state index contributed by atoms with van der Waals surface area (Å²) in [4.78, 5) is 27.9. The molecule has 0 aliphatic carbocycles. The molecule has 1 aromatic heterocycles. The lowest BCUT2D eigenvalue weighted by Gasteiger charge is -2.27. The second-order valence-corrected chi connectivity index (χ2v) is 7.61. The zero-order valence-electron chi connectivity index (χ0n) is 17.5. The van der Waals surface area contributed by atoms with E-state index in [1.165, 1.54) is 4.68 Å². The number of hydrogen-bond acceptors (Lipinski definition) is 4. The fourth-order valence-corrected chi connectivity index (χ4v) is 3.43. The van der Waals surface area contributed by atoms with Crippen LogP contribution in [-0.2, 0) is 6.54 Å². The maximum atomic E-state index is 13.4. The van der Waals surface area contributed by atoms with Gasteiger partial charge in [0, 0.05) is 24.5 Å². The van der Waals surface area contributed by atoms with Crippen LogP contribution in [0, 0.1) is 5.92 Å². The van der Waals surface area contributed by atoms with Crippen LogP contribution in [0.1, 0.15) is 42.9 Å². The zero-order valence-corrected chi connectivity index (χ0v) is 17.5. The summed E-state index contributed by atoms with van der Waals surface area (Å²) in [5.41, 5.74) is 1.02. The summed E-state index contributed by atoms with van der Waals surface area (Å²) in [6, 6.07) is 14.5. The second-order valence-electron chi connectivity index (χ2n) is 7.61. The number of rotatable bonds is 6. The number of ether oxygens (including phenoxy) is 1. The van der Waals surface area contributed by atoms with E-state index < -0.39 is 0 Å². The van der Waals surface area contributed by atoms with E-state index >= 15 is 0 Å². The normalized spacial score (nSPS) is 12.2. The Balaban J connectivity index is 2.08. The molecule has 0 saturated heterocycles. The van der Waals surface area contributed by atoms with Crippen molar-refractivity contribution in [2.75, 3.05) is 14.2 Å². The summed E-state index contributed by atoms with van der Waals surface area (Å²) >= 11 is 0. The largest absolute Gasteiger partial charge is 0.496 e. The van der Waals surface area contributed by atoms with Crippen LogP contribution >= 0.6 is 0 Å². The first-order chi connectivity index (χ1) is 13.8. The van der Waals surface area contributed by atoms with Crippen molar-refractivity contribution in [2.24, 2.45) is 5.92 Å². The molecule has 152 valence electrons. The highest BCUT2D eigenvalue weighted by Crippen LogP contribution is 2.29. The molecule has 2 aromatic carbocycles. The maximum Gasteiger partial charge on any atom is 0.275 e. The van der Waals surface area contributed by atoms with Crippen LogP contribution in [0.25, 0.3) is 10.8 Å². The lowest BCUT2D eigenvalue weighted by atomic mass is 10.0. The molecule has 3 aromatic rings. The molecule has 0 bridgehead atoms. The molecular weight excluding hydrogens is 366 g/mol. The first kappa shape index (κ1) is 20.6. The highest BCUT2D eigenvalue weighted by Gasteiger charge is 2.25. The van der Waals surface area contributed by atoms with Crippen molar-refractivity contribution in [3.8, 4) is 5.75 Å². The highest BCUT2D eigenvalue weighted by atomic mass is 16.5. The Kier molecular flexibility index (Phi) is 6.01. The average molecular weight is 393 g/mol. The van der Waals surface area contributed by atoms with E-state index in [1.807, 2.05) is 51.1 Å². The molecular formula is C23H27N3O3. The zero-order chi connectivity index (χ0) is 21.1. The maximum absolute atomic E-state index is 13.4. The van der Waals surface area contributed by atoms with Gasteiger partial charge in [0.2, 0.25) is 0 Å². The van der Waals surface area contributed by atoms with Crippen molar-refractivity contribution in [2.45, 2.75) is 33.4 Å². The van der Waals surface area contributed by atoms with E-state index in [4.69, 9.17) is 4.74 Å². The van der Waals surface area contributed by atoms with E-state index in [9.17, 15) is 9.59 Å². The molecule has 1 heterocycles. The molecule has 0 N–H and O–H groups in total. The van der Waals surface area contributed by atoms with Crippen LogP contribution < -0.4 is 10.3 Å². The van der Waals surface area contributed by atoms with Gasteiger partial charge in [0.25, 0.3) is 11.5 Å². The van der Waals surface area contributed by atoms with E-state index in [0.717, 1.165) is 11.3 Å². The molecule has 0 radical (unpaired) electrons. The fourth-order valence-electron chi connectivity index (χ4n) is 3.43. The number of para-hydroxylation sites is 1. The average Bonchev–Trinajstić information content (AvgIpc) is 2.73.